The third-order valence-corrected chi connectivity index (χ3v) is 1.57. The molecule has 0 aromatic carbocycles. The van der Waals surface area contributed by atoms with Crippen LogP contribution < -0.4 is 5.32 Å². The molecule has 4 heteroatoms. The number of nitrogens with zero attached hydrogens (tertiary/aromatic N) is 3. The van der Waals surface area contributed by atoms with Crippen molar-refractivity contribution >= 4 is 0 Å². The van der Waals surface area contributed by atoms with E-state index in [-0.39, 0.29) is 0 Å². The van der Waals surface area contributed by atoms with Gasteiger partial charge >= 0.3 is 0 Å². The van der Waals surface area contributed by atoms with Gasteiger partial charge in [-0.2, -0.15) is 0 Å². The maximum atomic E-state index is 7.96. The van der Waals surface area contributed by atoms with Crippen LogP contribution in [-0.2, 0) is 0 Å². The van der Waals surface area contributed by atoms with Crippen molar-refractivity contribution in [1.82, 2.24) is 5.32 Å². The highest BCUT2D eigenvalue weighted by molar-refractivity contribution is 4.72. The van der Waals surface area contributed by atoms with Crippen LogP contribution in [0.3, 0.4) is 0 Å². The molecule has 1 heterocycles. The molecule has 0 unspecified atom stereocenters. The lowest BCUT2D eigenvalue weighted by Crippen LogP contribution is -2.10. The zero-order valence-electron chi connectivity index (χ0n) is 5.25. The van der Waals surface area contributed by atoms with E-state index in [0.29, 0.717) is 12.5 Å². The minimum Gasteiger partial charge on any atom is -0.316 e. The first-order chi connectivity index (χ1) is 4.43. The van der Waals surface area contributed by atoms with E-state index in [1.54, 1.807) is 0 Å². The number of azide groups is 1. The number of rotatable bonds is 2. The van der Waals surface area contributed by atoms with Crippen LogP contribution in [0.2, 0.25) is 0 Å². The Balaban J connectivity index is 2.18. The second-order valence-electron chi connectivity index (χ2n) is 2.27. The molecule has 0 aromatic heterocycles. The number of hydrogen-bond donors (Lipinski definition) is 1. The molecule has 1 aliphatic heterocycles. The molecular weight excluding hydrogens is 116 g/mol. The van der Waals surface area contributed by atoms with Crippen molar-refractivity contribution in [3.05, 3.63) is 10.4 Å². The number of hydrogen-bond acceptors (Lipinski definition) is 2. The molecule has 1 N–H and O–H groups in total. The lowest BCUT2D eigenvalue weighted by atomic mass is 10.1. The van der Waals surface area contributed by atoms with Crippen LogP contribution in [0.5, 0.6) is 0 Å². The van der Waals surface area contributed by atoms with Gasteiger partial charge in [0.1, 0.15) is 0 Å². The van der Waals surface area contributed by atoms with Crippen molar-refractivity contribution in [3.8, 4) is 0 Å². The largest absolute Gasteiger partial charge is 0.316 e. The van der Waals surface area contributed by atoms with Crippen LogP contribution in [0, 0.1) is 5.92 Å². The van der Waals surface area contributed by atoms with E-state index in [9.17, 15) is 0 Å². The molecule has 0 amide bonds. The Morgan fingerprint density at radius 1 is 1.78 bits per heavy atom. The van der Waals surface area contributed by atoms with Gasteiger partial charge in [-0.3, -0.25) is 0 Å². The Labute approximate surface area is 53.9 Å². The van der Waals surface area contributed by atoms with Gasteiger partial charge in [-0.1, -0.05) is 5.11 Å². The average Bonchev–Trinajstić information content (AvgIpc) is 2.34. The van der Waals surface area contributed by atoms with E-state index in [0.717, 1.165) is 19.5 Å². The molecule has 1 saturated heterocycles. The normalized spacial score (nSPS) is 25.6. The SMILES string of the molecule is [N-]=[N+]=NC[C@@H]1CCNC1. The quantitative estimate of drug-likeness (QED) is 0.333. The van der Waals surface area contributed by atoms with Crippen LogP contribution in [0.25, 0.3) is 10.4 Å². The molecule has 1 atom stereocenters. The van der Waals surface area contributed by atoms with E-state index in [4.69, 9.17) is 5.53 Å². The van der Waals surface area contributed by atoms with Crippen molar-refractivity contribution in [2.24, 2.45) is 11.0 Å². The smallest absolute Gasteiger partial charge is 0.0298 e. The van der Waals surface area contributed by atoms with Crippen molar-refractivity contribution in [2.45, 2.75) is 6.42 Å². The van der Waals surface area contributed by atoms with E-state index in [1.165, 1.54) is 0 Å². The number of nitrogens with one attached hydrogen (secondary N) is 1. The Morgan fingerprint density at radius 2 is 2.67 bits per heavy atom. The molecule has 9 heavy (non-hydrogen) atoms. The summed E-state index contributed by atoms with van der Waals surface area (Å²) in [5.74, 6) is 0.584. The van der Waals surface area contributed by atoms with Crippen LogP contribution in [0.15, 0.2) is 5.11 Å². The lowest BCUT2D eigenvalue weighted by Gasteiger charge is -1.98. The highest BCUT2D eigenvalue weighted by atomic mass is 15.1. The second kappa shape index (κ2) is 3.33. The Morgan fingerprint density at radius 3 is 3.22 bits per heavy atom. The van der Waals surface area contributed by atoms with Crippen molar-refractivity contribution in [1.29, 1.82) is 0 Å². The molecular formula is C5H10N4. The summed E-state index contributed by atoms with van der Waals surface area (Å²) in [6, 6.07) is 0. The fraction of sp³-hybridized carbons (Fsp3) is 1.00. The van der Waals surface area contributed by atoms with E-state index in [1.807, 2.05) is 0 Å². The van der Waals surface area contributed by atoms with Gasteiger partial charge in [-0.05, 0) is 31.0 Å². The first kappa shape index (κ1) is 6.39. The van der Waals surface area contributed by atoms with Crippen LogP contribution >= 0.6 is 0 Å². The third-order valence-electron chi connectivity index (χ3n) is 1.57. The van der Waals surface area contributed by atoms with Crippen molar-refractivity contribution < 1.29 is 0 Å². The predicted molar refractivity (Wildman–Crippen MR) is 35.0 cm³/mol. The summed E-state index contributed by atoms with van der Waals surface area (Å²) < 4.78 is 0. The Bertz CT molecular complexity index is 121. The molecule has 0 spiro atoms. The van der Waals surface area contributed by atoms with Gasteiger partial charge in [0.15, 0.2) is 0 Å². The molecule has 0 radical (unpaired) electrons. The molecule has 0 saturated carbocycles. The second-order valence-corrected chi connectivity index (χ2v) is 2.27. The molecule has 0 aliphatic carbocycles. The molecule has 0 bridgehead atoms. The summed E-state index contributed by atoms with van der Waals surface area (Å²) in [6.07, 6.45) is 1.15. The van der Waals surface area contributed by atoms with E-state index >= 15 is 0 Å². The zero-order valence-corrected chi connectivity index (χ0v) is 5.25. The van der Waals surface area contributed by atoms with Crippen LogP contribution in [0.1, 0.15) is 6.42 Å². The van der Waals surface area contributed by atoms with Gasteiger partial charge < -0.3 is 5.32 Å². The Hall–Kier alpha value is -0.730. The molecule has 1 aliphatic rings. The summed E-state index contributed by atoms with van der Waals surface area (Å²) in [5, 5.41) is 6.69. The minimum absolute atomic E-state index is 0.584. The summed E-state index contributed by atoms with van der Waals surface area (Å²) in [6.45, 7) is 2.74. The molecule has 4 nitrogen and oxygen atoms in total. The fourth-order valence-corrected chi connectivity index (χ4v) is 1.02. The third kappa shape index (κ3) is 1.91. The minimum atomic E-state index is 0.584. The summed E-state index contributed by atoms with van der Waals surface area (Å²) in [5.41, 5.74) is 7.96. The summed E-state index contributed by atoms with van der Waals surface area (Å²) in [4.78, 5) is 2.70. The van der Waals surface area contributed by atoms with Gasteiger partial charge in [0.2, 0.25) is 0 Å². The van der Waals surface area contributed by atoms with Gasteiger partial charge in [0.05, 0.1) is 0 Å². The van der Waals surface area contributed by atoms with Gasteiger partial charge in [-0.15, -0.1) is 0 Å². The summed E-state index contributed by atoms with van der Waals surface area (Å²) in [7, 11) is 0. The van der Waals surface area contributed by atoms with Gasteiger partial charge in [0, 0.05) is 11.5 Å². The monoisotopic (exact) mass is 126 g/mol. The summed E-state index contributed by atoms with van der Waals surface area (Å²) >= 11 is 0. The maximum Gasteiger partial charge on any atom is 0.0298 e. The van der Waals surface area contributed by atoms with Gasteiger partial charge in [-0.25, -0.2) is 0 Å². The maximum absolute atomic E-state index is 7.96. The van der Waals surface area contributed by atoms with E-state index < -0.39 is 0 Å². The average molecular weight is 126 g/mol. The first-order valence-corrected chi connectivity index (χ1v) is 3.15. The van der Waals surface area contributed by atoms with Gasteiger partial charge in [0.25, 0.3) is 0 Å². The van der Waals surface area contributed by atoms with Crippen molar-refractivity contribution in [3.63, 3.8) is 0 Å². The highest BCUT2D eigenvalue weighted by Crippen LogP contribution is 2.06. The zero-order chi connectivity index (χ0) is 6.53. The highest BCUT2D eigenvalue weighted by Gasteiger charge is 2.11. The Kier molecular flexibility index (Phi) is 2.36. The molecule has 1 rings (SSSR count). The molecule has 0 aromatic rings. The molecule has 1 fully saturated rings. The fourth-order valence-electron chi connectivity index (χ4n) is 1.02. The predicted octanol–water partition coefficient (Wildman–Crippen LogP) is 0.906. The van der Waals surface area contributed by atoms with E-state index in [2.05, 4.69) is 15.3 Å². The van der Waals surface area contributed by atoms with Crippen LogP contribution in [-0.4, -0.2) is 19.6 Å². The van der Waals surface area contributed by atoms with Crippen molar-refractivity contribution in [2.75, 3.05) is 19.6 Å². The lowest BCUT2D eigenvalue weighted by molar-refractivity contribution is 0.594. The first-order valence-electron chi connectivity index (χ1n) is 3.15. The van der Waals surface area contributed by atoms with Crippen LogP contribution in [0.4, 0.5) is 0 Å². The molecule has 50 valence electrons. The topological polar surface area (TPSA) is 60.8 Å². The standard InChI is InChI=1S/C5H10N4/c6-9-8-4-5-1-2-7-3-5/h5,7H,1-4H2/t5-/m1/s1.